The van der Waals surface area contributed by atoms with Crippen LogP contribution in [0.5, 0.6) is 0 Å². The average Bonchev–Trinajstić information content (AvgIpc) is 1.81. The highest BCUT2D eigenvalue weighted by Crippen LogP contribution is 2.21. The molecular formula is C9H21OSi. The Morgan fingerprint density at radius 1 is 0.818 bits per heavy atom. The first-order valence-electron chi connectivity index (χ1n) is 4.48. The van der Waals surface area contributed by atoms with E-state index in [0.717, 1.165) is 11.1 Å². The van der Waals surface area contributed by atoms with Gasteiger partial charge in [-0.2, -0.15) is 0 Å². The van der Waals surface area contributed by atoms with Crippen LogP contribution in [0.2, 0.25) is 11.1 Å². The minimum Gasteiger partial charge on any atom is -0.414 e. The van der Waals surface area contributed by atoms with Gasteiger partial charge in [0.25, 0.3) is 0 Å². The molecule has 0 saturated heterocycles. The van der Waals surface area contributed by atoms with Crippen LogP contribution in [-0.2, 0) is 4.43 Å². The van der Waals surface area contributed by atoms with Crippen LogP contribution in [0, 0.1) is 0 Å². The van der Waals surface area contributed by atoms with Gasteiger partial charge in [-0.05, 0) is 24.9 Å². The van der Waals surface area contributed by atoms with Gasteiger partial charge in [-0.3, -0.25) is 0 Å². The highest BCUT2D eigenvalue weighted by Gasteiger charge is 2.22. The van der Waals surface area contributed by atoms with E-state index in [1.807, 2.05) is 0 Å². The molecule has 0 aliphatic heterocycles. The van der Waals surface area contributed by atoms with E-state index in [1.165, 1.54) is 0 Å². The van der Waals surface area contributed by atoms with Crippen LogP contribution < -0.4 is 0 Å². The summed E-state index contributed by atoms with van der Waals surface area (Å²) in [6, 6.07) is 0. The van der Waals surface area contributed by atoms with E-state index in [0.29, 0.717) is 6.10 Å². The fourth-order valence-electron chi connectivity index (χ4n) is 1.21. The molecule has 1 nitrogen and oxygen atoms in total. The predicted octanol–water partition coefficient (Wildman–Crippen LogP) is 3.22. The minimum atomic E-state index is -0.578. The van der Waals surface area contributed by atoms with Crippen molar-refractivity contribution in [2.45, 2.75) is 58.7 Å². The number of rotatable bonds is 4. The normalized spacial score (nSPS) is 12.5. The first kappa shape index (κ1) is 11.2. The van der Waals surface area contributed by atoms with Crippen LogP contribution in [-0.4, -0.2) is 15.1 Å². The smallest absolute Gasteiger partial charge is 0.217 e. The van der Waals surface area contributed by atoms with E-state index in [4.69, 9.17) is 4.43 Å². The summed E-state index contributed by atoms with van der Waals surface area (Å²) in [5, 5.41) is 0. The third kappa shape index (κ3) is 4.59. The van der Waals surface area contributed by atoms with E-state index in [1.54, 1.807) is 0 Å². The van der Waals surface area contributed by atoms with Crippen LogP contribution >= 0.6 is 0 Å². The van der Waals surface area contributed by atoms with Crippen molar-refractivity contribution in [3.05, 3.63) is 0 Å². The van der Waals surface area contributed by atoms with E-state index in [9.17, 15) is 0 Å². The molecule has 0 spiro atoms. The van der Waals surface area contributed by atoms with Crippen molar-refractivity contribution in [3.63, 3.8) is 0 Å². The highest BCUT2D eigenvalue weighted by molar-refractivity contribution is 6.55. The molecule has 0 atom stereocenters. The van der Waals surface area contributed by atoms with Crippen molar-refractivity contribution in [1.82, 2.24) is 0 Å². The second kappa shape index (κ2) is 4.94. The Morgan fingerprint density at radius 2 is 1.18 bits per heavy atom. The van der Waals surface area contributed by atoms with E-state index in [2.05, 4.69) is 41.5 Å². The van der Waals surface area contributed by atoms with Gasteiger partial charge in [-0.15, -0.1) is 0 Å². The Morgan fingerprint density at radius 3 is 1.27 bits per heavy atom. The summed E-state index contributed by atoms with van der Waals surface area (Å²) < 4.78 is 5.88. The van der Waals surface area contributed by atoms with Crippen molar-refractivity contribution < 1.29 is 4.43 Å². The lowest BCUT2D eigenvalue weighted by Crippen LogP contribution is -2.28. The molecule has 0 rings (SSSR count). The molecule has 1 radical (unpaired) electrons. The summed E-state index contributed by atoms with van der Waals surface area (Å²) in [6.07, 6.45) is 0.397. The van der Waals surface area contributed by atoms with Crippen LogP contribution in [0.1, 0.15) is 41.5 Å². The van der Waals surface area contributed by atoms with Gasteiger partial charge < -0.3 is 4.43 Å². The molecule has 2 heteroatoms. The van der Waals surface area contributed by atoms with Gasteiger partial charge in [0.15, 0.2) is 0 Å². The molecule has 0 bridgehead atoms. The maximum absolute atomic E-state index is 5.88. The Hall–Kier alpha value is 0.177. The van der Waals surface area contributed by atoms with Crippen molar-refractivity contribution in [2.24, 2.45) is 0 Å². The van der Waals surface area contributed by atoms with Crippen molar-refractivity contribution in [1.29, 1.82) is 0 Å². The van der Waals surface area contributed by atoms with Crippen LogP contribution in [0.25, 0.3) is 0 Å². The molecule has 0 aromatic carbocycles. The SMILES string of the molecule is CC(C)O[Si](C(C)C)C(C)C. The summed E-state index contributed by atoms with van der Waals surface area (Å²) in [5.74, 6) is 0. The quantitative estimate of drug-likeness (QED) is 0.593. The summed E-state index contributed by atoms with van der Waals surface area (Å²) in [7, 11) is -0.578. The third-order valence-electron chi connectivity index (χ3n) is 1.51. The largest absolute Gasteiger partial charge is 0.414 e. The fraction of sp³-hybridized carbons (Fsp3) is 1.00. The van der Waals surface area contributed by atoms with Crippen molar-refractivity contribution in [2.75, 3.05) is 0 Å². The molecule has 0 fully saturated rings. The van der Waals surface area contributed by atoms with Crippen LogP contribution in [0.15, 0.2) is 0 Å². The second-order valence-electron chi connectivity index (χ2n) is 3.88. The molecule has 0 amide bonds. The van der Waals surface area contributed by atoms with Gasteiger partial charge in [-0.25, -0.2) is 0 Å². The maximum atomic E-state index is 5.88. The summed E-state index contributed by atoms with van der Waals surface area (Å²) in [6.45, 7) is 13.3. The first-order chi connectivity index (χ1) is 4.95. The standard InChI is InChI=1S/C9H21OSi/c1-7(2)10-11(8(3)4)9(5)6/h7-9H,1-6H3. The fourth-order valence-corrected chi connectivity index (χ4v) is 3.63. The van der Waals surface area contributed by atoms with Gasteiger partial charge >= 0.3 is 0 Å². The Balaban J connectivity index is 3.90. The first-order valence-corrected chi connectivity index (χ1v) is 6.04. The molecule has 0 N–H and O–H groups in total. The van der Waals surface area contributed by atoms with Crippen LogP contribution in [0.4, 0.5) is 0 Å². The van der Waals surface area contributed by atoms with Crippen molar-refractivity contribution >= 4 is 9.04 Å². The van der Waals surface area contributed by atoms with E-state index < -0.39 is 9.04 Å². The third-order valence-corrected chi connectivity index (χ3v) is 4.53. The molecule has 0 unspecified atom stereocenters. The summed E-state index contributed by atoms with van der Waals surface area (Å²) in [4.78, 5) is 0. The Bertz CT molecular complexity index is 91.7. The topological polar surface area (TPSA) is 9.23 Å². The molecule has 67 valence electrons. The van der Waals surface area contributed by atoms with Gasteiger partial charge in [0.05, 0.1) is 0 Å². The molecule has 0 heterocycles. The lowest BCUT2D eigenvalue weighted by atomic mass is 10.5. The zero-order valence-corrected chi connectivity index (χ0v) is 9.64. The average molecular weight is 173 g/mol. The molecule has 11 heavy (non-hydrogen) atoms. The molecule has 0 aromatic heterocycles. The van der Waals surface area contributed by atoms with Gasteiger partial charge in [0.2, 0.25) is 9.04 Å². The molecule has 0 aromatic rings. The Labute approximate surface area is 72.9 Å². The minimum absolute atomic E-state index is 0.397. The van der Waals surface area contributed by atoms with Crippen molar-refractivity contribution in [3.8, 4) is 0 Å². The molecular weight excluding hydrogens is 152 g/mol. The number of hydrogen-bond donors (Lipinski definition) is 0. The van der Waals surface area contributed by atoms with E-state index in [-0.39, 0.29) is 0 Å². The highest BCUT2D eigenvalue weighted by atomic mass is 28.3. The summed E-state index contributed by atoms with van der Waals surface area (Å²) >= 11 is 0. The predicted molar refractivity (Wildman–Crippen MR) is 52.2 cm³/mol. The lowest BCUT2D eigenvalue weighted by Gasteiger charge is -2.24. The zero-order valence-electron chi connectivity index (χ0n) is 8.64. The second-order valence-corrected chi connectivity index (χ2v) is 7.23. The number of hydrogen-bond acceptors (Lipinski definition) is 1. The lowest BCUT2D eigenvalue weighted by molar-refractivity contribution is 0.233. The van der Waals surface area contributed by atoms with E-state index >= 15 is 0 Å². The van der Waals surface area contributed by atoms with Gasteiger partial charge in [-0.1, -0.05) is 27.7 Å². The molecule has 0 aliphatic carbocycles. The summed E-state index contributed by atoms with van der Waals surface area (Å²) in [5.41, 5.74) is 1.45. The maximum Gasteiger partial charge on any atom is 0.217 e. The zero-order chi connectivity index (χ0) is 9.02. The monoisotopic (exact) mass is 173 g/mol. The molecule has 0 saturated carbocycles. The van der Waals surface area contributed by atoms with Gasteiger partial charge in [0.1, 0.15) is 0 Å². The van der Waals surface area contributed by atoms with Gasteiger partial charge in [0, 0.05) is 6.10 Å². The Kier molecular flexibility index (Phi) is 5.02. The van der Waals surface area contributed by atoms with Crippen LogP contribution in [0.3, 0.4) is 0 Å². The molecule has 0 aliphatic rings.